The highest BCUT2D eigenvalue weighted by Gasteiger charge is 2.25. The molecule has 0 saturated heterocycles. The van der Waals surface area contributed by atoms with Gasteiger partial charge in [0.25, 0.3) is 0 Å². The van der Waals surface area contributed by atoms with Gasteiger partial charge in [-0.3, -0.25) is 9.59 Å². The molecule has 0 aromatic rings. The van der Waals surface area contributed by atoms with Gasteiger partial charge in [0.05, 0.1) is 12.5 Å². The molecule has 0 unspecified atom stereocenters. The Bertz CT molecular complexity index is 319. The van der Waals surface area contributed by atoms with E-state index in [0.29, 0.717) is 12.5 Å². The fraction of sp³-hybridized carbons (Fsp3) is 0.875. The van der Waals surface area contributed by atoms with Gasteiger partial charge in [-0.15, -0.1) is 0 Å². The van der Waals surface area contributed by atoms with Crippen LogP contribution in [0, 0.1) is 11.8 Å². The number of amides is 1. The Balaban J connectivity index is 2.21. The number of aliphatic carboxylic acids is 1. The van der Waals surface area contributed by atoms with Crippen LogP contribution < -0.4 is 5.32 Å². The molecule has 1 rings (SSSR count). The lowest BCUT2D eigenvalue weighted by Crippen LogP contribution is -2.40. The molecule has 5 nitrogen and oxygen atoms in total. The Hall–Kier alpha value is -1.10. The van der Waals surface area contributed by atoms with E-state index in [9.17, 15) is 9.59 Å². The van der Waals surface area contributed by atoms with Crippen LogP contribution in [0.3, 0.4) is 0 Å². The fourth-order valence-corrected chi connectivity index (χ4v) is 3.01. The second-order valence-electron chi connectivity index (χ2n) is 6.07. The molecular formula is C16H30N2O3. The first-order chi connectivity index (χ1) is 10.1. The zero-order chi connectivity index (χ0) is 15.7. The van der Waals surface area contributed by atoms with Crippen molar-refractivity contribution in [1.82, 2.24) is 10.2 Å². The third kappa shape index (κ3) is 6.46. The summed E-state index contributed by atoms with van der Waals surface area (Å²) in [5.74, 6) is -0.129. The molecule has 1 aliphatic carbocycles. The van der Waals surface area contributed by atoms with Crippen LogP contribution in [0.1, 0.15) is 52.4 Å². The van der Waals surface area contributed by atoms with Gasteiger partial charge in [0.15, 0.2) is 0 Å². The van der Waals surface area contributed by atoms with Gasteiger partial charge in [-0.1, -0.05) is 13.8 Å². The highest BCUT2D eigenvalue weighted by molar-refractivity contribution is 5.78. The molecule has 5 heteroatoms. The second kappa shape index (κ2) is 9.77. The van der Waals surface area contributed by atoms with Crippen molar-refractivity contribution in [3.63, 3.8) is 0 Å². The molecule has 0 aromatic heterocycles. The summed E-state index contributed by atoms with van der Waals surface area (Å²) in [7, 11) is 0. The lowest BCUT2D eigenvalue weighted by Gasteiger charge is -2.27. The van der Waals surface area contributed by atoms with Crippen LogP contribution in [-0.2, 0) is 9.59 Å². The van der Waals surface area contributed by atoms with E-state index >= 15 is 0 Å². The minimum atomic E-state index is -0.661. The molecule has 0 heterocycles. The standard InChI is InChI=1S/C16H30N2O3/c1-3-9-18(10-4-2)15(19)12-17-11-13-5-7-14(8-6-13)16(20)21/h13-14,17H,3-12H2,1-2H3,(H,20,21). The predicted molar refractivity (Wildman–Crippen MR) is 83.1 cm³/mol. The first-order valence-electron chi connectivity index (χ1n) is 8.29. The van der Waals surface area contributed by atoms with Crippen molar-refractivity contribution >= 4 is 11.9 Å². The normalized spacial score (nSPS) is 22.0. The second-order valence-corrected chi connectivity index (χ2v) is 6.07. The first-order valence-corrected chi connectivity index (χ1v) is 8.29. The first kappa shape index (κ1) is 18.0. The van der Waals surface area contributed by atoms with Crippen molar-refractivity contribution in [2.45, 2.75) is 52.4 Å². The Morgan fingerprint density at radius 2 is 1.67 bits per heavy atom. The van der Waals surface area contributed by atoms with Gasteiger partial charge in [-0.2, -0.15) is 0 Å². The highest BCUT2D eigenvalue weighted by Crippen LogP contribution is 2.28. The van der Waals surface area contributed by atoms with E-state index in [2.05, 4.69) is 19.2 Å². The molecule has 21 heavy (non-hydrogen) atoms. The SMILES string of the molecule is CCCN(CCC)C(=O)CNCC1CCC(C(=O)O)CC1. The molecule has 0 bridgehead atoms. The Morgan fingerprint density at radius 1 is 1.10 bits per heavy atom. The lowest BCUT2D eigenvalue weighted by molar-refractivity contribution is -0.143. The average Bonchev–Trinajstić information content (AvgIpc) is 2.47. The number of nitrogens with one attached hydrogen (secondary N) is 1. The van der Waals surface area contributed by atoms with E-state index < -0.39 is 5.97 Å². The number of rotatable bonds is 9. The van der Waals surface area contributed by atoms with Crippen LogP contribution >= 0.6 is 0 Å². The van der Waals surface area contributed by atoms with Crippen molar-refractivity contribution in [1.29, 1.82) is 0 Å². The fourth-order valence-electron chi connectivity index (χ4n) is 3.01. The molecule has 0 atom stereocenters. The summed E-state index contributed by atoms with van der Waals surface area (Å²) in [6, 6.07) is 0. The quantitative estimate of drug-likeness (QED) is 0.684. The highest BCUT2D eigenvalue weighted by atomic mass is 16.4. The summed E-state index contributed by atoms with van der Waals surface area (Å²) in [5, 5.41) is 12.2. The van der Waals surface area contributed by atoms with Crippen LogP contribution in [0.25, 0.3) is 0 Å². The molecule has 1 saturated carbocycles. The molecule has 1 amide bonds. The summed E-state index contributed by atoms with van der Waals surface area (Å²) in [6.45, 7) is 7.06. The van der Waals surface area contributed by atoms with E-state index in [1.807, 2.05) is 4.90 Å². The maximum atomic E-state index is 12.1. The van der Waals surface area contributed by atoms with Crippen LogP contribution in [0.2, 0.25) is 0 Å². The molecule has 1 fully saturated rings. The minimum absolute atomic E-state index is 0.160. The summed E-state index contributed by atoms with van der Waals surface area (Å²) in [6.07, 6.45) is 5.42. The van der Waals surface area contributed by atoms with Crippen LogP contribution in [0.15, 0.2) is 0 Å². The van der Waals surface area contributed by atoms with Gasteiger partial charge < -0.3 is 15.3 Å². The van der Waals surface area contributed by atoms with Crippen LogP contribution in [0.5, 0.6) is 0 Å². The molecule has 2 N–H and O–H groups in total. The maximum absolute atomic E-state index is 12.1. The number of carboxylic acids is 1. The van der Waals surface area contributed by atoms with Gasteiger partial charge >= 0.3 is 5.97 Å². The molecule has 0 aromatic carbocycles. The van der Waals surface area contributed by atoms with Gasteiger partial charge in [0, 0.05) is 13.1 Å². The van der Waals surface area contributed by atoms with E-state index in [-0.39, 0.29) is 11.8 Å². The number of nitrogens with zero attached hydrogens (tertiary/aromatic N) is 1. The Labute approximate surface area is 128 Å². The monoisotopic (exact) mass is 298 g/mol. The van der Waals surface area contributed by atoms with Gasteiger partial charge in [-0.25, -0.2) is 0 Å². The minimum Gasteiger partial charge on any atom is -0.481 e. The summed E-state index contributed by atoms with van der Waals surface area (Å²) >= 11 is 0. The largest absolute Gasteiger partial charge is 0.481 e. The van der Waals surface area contributed by atoms with Crippen molar-refractivity contribution < 1.29 is 14.7 Å². The van der Waals surface area contributed by atoms with Gasteiger partial charge in [0.1, 0.15) is 0 Å². The molecule has 0 radical (unpaired) electrons. The molecule has 122 valence electrons. The van der Waals surface area contributed by atoms with Crippen molar-refractivity contribution in [3.05, 3.63) is 0 Å². The summed E-state index contributed by atoms with van der Waals surface area (Å²) < 4.78 is 0. The van der Waals surface area contributed by atoms with Crippen LogP contribution in [-0.4, -0.2) is 48.1 Å². The van der Waals surface area contributed by atoms with Gasteiger partial charge in [0.2, 0.25) is 5.91 Å². The number of carbonyl (C=O) groups is 2. The molecule has 0 spiro atoms. The number of hydrogen-bond donors (Lipinski definition) is 2. The zero-order valence-electron chi connectivity index (χ0n) is 13.4. The van der Waals surface area contributed by atoms with Crippen molar-refractivity contribution in [2.75, 3.05) is 26.2 Å². The van der Waals surface area contributed by atoms with Crippen molar-refractivity contribution in [3.8, 4) is 0 Å². The van der Waals surface area contributed by atoms with Crippen molar-refractivity contribution in [2.24, 2.45) is 11.8 Å². The van der Waals surface area contributed by atoms with E-state index in [1.54, 1.807) is 0 Å². The topological polar surface area (TPSA) is 69.6 Å². The maximum Gasteiger partial charge on any atom is 0.306 e. The summed E-state index contributed by atoms with van der Waals surface area (Å²) in [4.78, 5) is 24.9. The van der Waals surface area contributed by atoms with E-state index in [4.69, 9.17) is 5.11 Å². The number of carboxylic acid groups (broad SMARTS) is 1. The third-order valence-electron chi connectivity index (χ3n) is 4.24. The third-order valence-corrected chi connectivity index (χ3v) is 4.24. The smallest absolute Gasteiger partial charge is 0.306 e. The lowest BCUT2D eigenvalue weighted by atomic mass is 9.82. The molecule has 1 aliphatic rings. The predicted octanol–water partition coefficient (Wildman–Crippen LogP) is 2.12. The van der Waals surface area contributed by atoms with Crippen LogP contribution in [0.4, 0.5) is 0 Å². The molecular weight excluding hydrogens is 268 g/mol. The Kier molecular flexibility index (Phi) is 8.35. The average molecular weight is 298 g/mol. The van der Waals surface area contributed by atoms with Gasteiger partial charge in [-0.05, 0) is 51.0 Å². The number of hydrogen-bond acceptors (Lipinski definition) is 3. The molecule has 0 aliphatic heterocycles. The Morgan fingerprint density at radius 3 is 2.14 bits per heavy atom. The van der Waals surface area contributed by atoms with E-state index in [1.165, 1.54) is 0 Å². The summed E-state index contributed by atoms with van der Waals surface area (Å²) in [5.41, 5.74) is 0. The number of carbonyl (C=O) groups excluding carboxylic acids is 1. The van der Waals surface area contributed by atoms with E-state index in [0.717, 1.165) is 58.2 Å². The zero-order valence-corrected chi connectivity index (χ0v) is 13.4.